The number of hydrogen-bond donors (Lipinski definition) is 2. The lowest BCUT2D eigenvalue weighted by atomic mass is 9.78. The van der Waals surface area contributed by atoms with E-state index in [1.807, 2.05) is 69.3 Å². The fourth-order valence-electron chi connectivity index (χ4n) is 4.01. The maximum atomic E-state index is 13.2. The third-order valence-electron chi connectivity index (χ3n) is 6.04. The van der Waals surface area contributed by atoms with Gasteiger partial charge in [0.1, 0.15) is 5.60 Å². The van der Waals surface area contributed by atoms with Gasteiger partial charge in [-0.25, -0.2) is 13.1 Å². The minimum Gasteiger partial charge on any atom is -0.378 e. The molecule has 0 aliphatic heterocycles. The first-order chi connectivity index (χ1) is 14.2. The summed E-state index contributed by atoms with van der Waals surface area (Å²) in [6, 6.07) is 22.1. The normalized spacial score (nSPS) is 15.7. The second-order valence-corrected chi connectivity index (χ2v) is 10.1. The molecule has 0 saturated heterocycles. The van der Waals surface area contributed by atoms with E-state index in [0.717, 1.165) is 16.7 Å². The SMILES string of the molecule is Cc1ccc(C(O)(c2ccc(C)cc2)C2(NS(=O)(=O)c3ccc(C)cc3)CC2)cc1. The Hall–Kier alpha value is -2.47. The highest BCUT2D eigenvalue weighted by molar-refractivity contribution is 7.89. The molecule has 4 rings (SSSR count). The molecular weight excluding hydrogens is 394 g/mol. The van der Waals surface area contributed by atoms with Crippen LogP contribution in [0.4, 0.5) is 0 Å². The molecular formula is C25H27NO3S. The van der Waals surface area contributed by atoms with Crippen molar-refractivity contribution >= 4 is 10.0 Å². The highest BCUT2D eigenvalue weighted by Gasteiger charge is 2.62. The number of sulfonamides is 1. The number of aliphatic hydroxyl groups is 1. The van der Waals surface area contributed by atoms with Crippen molar-refractivity contribution in [3.8, 4) is 0 Å². The molecule has 0 radical (unpaired) electrons. The molecule has 0 aromatic heterocycles. The zero-order chi connectivity index (χ0) is 21.6. The van der Waals surface area contributed by atoms with Gasteiger partial charge in [0.2, 0.25) is 10.0 Å². The molecule has 0 atom stereocenters. The standard InChI is InChI=1S/C25H27NO3S/c1-18-4-10-21(11-5-18)25(27,22-12-6-19(2)7-13-22)24(16-17-24)26-30(28,29)23-14-8-20(3)9-15-23/h4-15,26-27H,16-17H2,1-3H3. The van der Waals surface area contributed by atoms with E-state index < -0.39 is 21.2 Å². The molecule has 0 spiro atoms. The summed E-state index contributed by atoms with van der Waals surface area (Å²) in [6.45, 7) is 5.89. The molecule has 1 fully saturated rings. The van der Waals surface area contributed by atoms with Crippen LogP contribution in [0, 0.1) is 20.8 Å². The van der Waals surface area contributed by atoms with Gasteiger partial charge in [-0.3, -0.25) is 0 Å². The first-order valence-electron chi connectivity index (χ1n) is 10.1. The van der Waals surface area contributed by atoms with Gasteiger partial charge in [0.15, 0.2) is 0 Å². The van der Waals surface area contributed by atoms with E-state index in [1.54, 1.807) is 24.3 Å². The Morgan fingerprint density at radius 3 is 1.47 bits per heavy atom. The minimum atomic E-state index is -3.80. The van der Waals surface area contributed by atoms with E-state index in [0.29, 0.717) is 24.0 Å². The molecule has 4 nitrogen and oxygen atoms in total. The fourth-order valence-corrected chi connectivity index (χ4v) is 5.48. The van der Waals surface area contributed by atoms with Crippen LogP contribution in [0.3, 0.4) is 0 Å². The van der Waals surface area contributed by atoms with Gasteiger partial charge in [-0.05, 0) is 56.9 Å². The van der Waals surface area contributed by atoms with Crippen molar-refractivity contribution in [1.82, 2.24) is 4.72 Å². The van der Waals surface area contributed by atoms with Crippen molar-refractivity contribution in [3.05, 3.63) is 101 Å². The Labute approximate surface area is 178 Å². The average molecular weight is 422 g/mol. The van der Waals surface area contributed by atoms with Crippen LogP contribution in [0.25, 0.3) is 0 Å². The average Bonchev–Trinajstić information content (AvgIpc) is 3.49. The van der Waals surface area contributed by atoms with Gasteiger partial charge >= 0.3 is 0 Å². The molecule has 3 aromatic carbocycles. The van der Waals surface area contributed by atoms with Crippen LogP contribution in [0.5, 0.6) is 0 Å². The Balaban J connectivity index is 1.81. The predicted octanol–water partition coefficient (Wildman–Crippen LogP) is 4.36. The largest absolute Gasteiger partial charge is 0.378 e. The van der Waals surface area contributed by atoms with E-state index in [-0.39, 0.29) is 4.90 Å². The molecule has 0 bridgehead atoms. The molecule has 1 aliphatic carbocycles. The molecule has 0 heterocycles. The van der Waals surface area contributed by atoms with Gasteiger partial charge in [-0.15, -0.1) is 0 Å². The van der Waals surface area contributed by atoms with Crippen LogP contribution in [-0.4, -0.2) is 19.1 Å². The third-order valence-corrected chi connectivity index (χ3v) is 7.59. The van der Waals surface area contributed by atoms with Gasteiger partial charge in [0, 0.05) is 0 Å². The summed E-state index contributed by atoms with van der Waals surface area (Å²) in [4.78, 5) is 0.203. The topological polar surface area (TPSA) is 66.4 Å². The molecule has 156 valence electrons. The summed E-state index contributed by atoms with van der Waals surface area (Å²) >= 11 is 0. The number of aryl methyl sites for hydroxylation is 3. The lowest BCUT2D eigenvalue weighted by molar-refractivity contribution is 0.0341. The van der Waals surface area contributed by atoms with Crippen LogP contribution >= 0.6 is 0 Å². The second kappa shape index (κ2) is 7.34. The van der Waals surface area contributed by atoms with Crippen LogP contribution in [0.15, 0.2) is 77.7 Å². The van der Waals surface area contributed by atoms with Gasteiger partial charge in [-0.1, -0.05) is 77.4 Å². The van der Waals surface area contributed by atoms with Crippen molar-refractivity contribution < 1.29 is 13.5 Å². The van der Waals surface area contributed by atoms with E-state index in [2.05, 4.69) is 4.72 Å². The first-order valence-corrected chi connectivity index (χ1v) is 11.6. The highest BCUT2D eigenvalue weighted by Crippen LogP contribution is 2.54. The summed E-state index contributed by atoms with van der Waals surface area (Å²) in [5.74, 6) is 0. The maximum absolute atomic E-state index is 13.2. The quantitative estimate of drug-likeness (QED) is 0.622. The molecule has 2 N–H and O–H groups in total. The Bertz CT molecular complexity index is 1100. The van der Waals surface area contributed by atoms with Crippen LogP contribution in [-0.2, 0) is 15.6 Å². The van der Waals surface area contributed by atoms with E-state index in [4.69, 9.17) is 0 Å². The van der Waals surface area contributed by atoms with Gasteiger partial charge in [0.05, 0.1) is 10.4 Å². The molecule has 0 unspecified atom stereocenters. The second-order valence-electron chi connectivity index (χ2n) is 8.44. The molecule has 3 aromatic rings. The van der Waals surface area contributed by atoms with Crippen molar-refractivity contribution in [2.75, 3.05) is 0 Å². The van der Waals surface area contributed by atoms with Gasteiger partial charge < -0.3 is 5.11 Å². The van der Waals surface area contributed by atoms with Crippen molar-refractivity contribution in [2.45, 2.75) is 49.6 Å². The van der Waals surface area contributed by atoms with Crippen molar-refractivity contribution in [1.29, 1.82) is 0 Å². The van der Waals surface area contributed by atoms with E-state index in [1.165, 1.54) is 0 Å². The van der Waals surface area contributed by atoms with Crippen LogP contribution in [0.2, 0.25) is 0 Å². The van der Waals surface area contributed by atoms with Crippen LogP contribution < -0.4 is 4.72 Å². The molecule has 30 heavy (non-hydrogen) atoms. The highest BCUT2D eigenvalue weighted by atomic mass is 32.2. The Morgan fingerprint density at radius 2 is 1.10 bits per heavy atom. The van der Waals surface area contributed by atoms with Gasteiger partial charge in [-0.2, -0.15) is 0 Å². The summed E-state index contributed by atoms with van der Waals surface area (Å²) < 4.78 is 29.3. The van der Waals surface area contributed by atoms with E-state index in [9.17, 15) is 13.5 Å². The summed E-state index contributed by atoms with van der Waals surface area (Å²) in [7, 11) is -3.80. The monoisotopic (exact) mass is 421 g/mol. The lowest BCUT2D eigenvalue weighted by Gasteiger charge is -2.38. The van der Waals surface area contributed by atoms with Crippen LogP contribution in [0.1, 0.15) is 40.7 Å². The Kier molecular flexibility index (Phi) is 5.09. The minimum absolute atomic E-state index is 0.203. The fraction of sp³-hybridized carbons (Fsp3) is 0.280. The molecule has 0 amide bonds. The summed E-state index contributed by atoms with van der Waals surface area (Å²) in [5, 5.41) is 12.2. The summed E-state index contributed by atoms with van der Waals surface area (Å²) in [6.07, 6.45) is 1.10. The zero-order valence-electron chi connectivity index (χ0n) is 17.5. The Morgan fingerprint density at radius 1 is 0.733 bits per heavy atom. The molecule has 5 heteroatoms. The zero-order valence-corrected chi connectivity index (χ0v) is 18.3. The number of nitrogens with one attached hydrogen (secondary N) is 1. The third kappa shape index (κ3) is 3.58. The number of rotatable bonds is 6. The van der Waals surface area contributed by atoms with Gasteiger partial charge in [0.25, 0.3) is 0 Å². The predicted molar refractivity (Wildman–Crippen MR) is 119 cm³/mol. The lowest BCUT2D eigenvalue weighted by Crippen LogP contribution is -2.53. The molecule has 1 saturated carbocycles. The van der Waals surface area contributed by atoms with E-state index >= 15 is 0 Å². The maximum Gasteiger partial charge on any atom is 0.241 e. The summed E-state index contributed by atoms with van der Waals surface area (Å²) in [5.41, 5.74) is 2.03. The van der Waals surface area contributed by atoms with Crippen molar-refractivity contribution in [2.24, 2.45) is 0 Å². The smallest absolute Gasteiger partial charge is 0.241 e. The number of hydrogen-bond acceptors (Lipinski definition) is 3. The van der Waals surface area contributed by atoms with Crippen molar-refractivity contribution in [3.63, 3.8) is 0 Å². The first kappa shape index (κ1) is 20.8. The number of benzene rings is 3. The molecule has 1 aliphatic rings.